The van der Waals surface area contributed by atoms with E-state index in [4.69, 9.17) is 11.6 Å². The minimum Gasteiger partial charge on any atom is -0.259 e. The van der Waals surface area contributed by atoms with Gasteiger partial charge in [-0.1, -0.05) is 11.6 Å². The van der Waals surface area contributed by atoms with Crippen LogP contribution in [0.5, 0.6) is 0 Å². The fourth-order valence-corrected chi connectivity index (χ4v) is 1.30. The van der Waals surface area contributed by atoms with E-state index in [1.54, 1.807) is 6.92 Å². The lowest BCUT2D eigenvalue weighted by atomic mass is 10.3. The van der Waals surface area contributed by atoms with Gasteiger partial charge < -0.3 is 0 Å². The summed E-state index contributed by atoms with van der Waals surface area (Å²) in [7, 11) is 0. The Hall–Kier alpha value is -0.710. The second-order valence-corrected chi connectivity index (χ2v) is 2.94. The van der Waals surface area contributed by atoms with Crippen LogP contribution in [0.1, 0.15) is 18.3 Å². The Morgan fingerprint density at radius 2 is 2.00 bits per heavy atom. The maximum atomic E-state index is 12.4. The van der Waals surface area contributed by atoms with Gasteiger partial charge >= 0.3 is 6.18 Å². The predicted octanol–water partition coefficient (Wildman–Crippen LogP) is 2.88. The molecule has 6 heteroatoms. The van der Waals surface area contributed by atoms with Gasteiger partial charge in [-0.05, 0) is 13.8 Å². The highest BCUT2D eigenvalue weighted by atomic mass is 35.5. The Balaban J connectivity index is 3.33. The smallest absolute Gasteiger partial charge is 0.259 e. The van der Waals surface area contributed by atoms with Crippen molar-refractivity contribution in [2.24, 2.45) is 0 Å². The Morgan fingerprint density at radius 3 is 2.31 bits per heavy atom. The van der Waals surface area contributed by atoms with E-state index in [0.717, 1.165) is 4.68 Å². The summed E-state index contributed by atoms with van der Waals surface area (Å²) in [4.78, 5) is 0. The highest BCUT2D eigenvalue weighted by Crippen LogP contribution is 2.35. The van der Waals surface area contributed by atoms with Crippen molar-refractivity contribution in [2.75, 3.05) is 0 Å². The molecule has 0 atom stereocenters. The normalized spacial score (nSPS) is 12.2. The fraction of sp³-hybridized carbons (Fsp3) is 0.571. The van der Waals surface area contributed by atoms with Crippen molar-refractivity contribution >= 4 is 11.6 Å². The van der Waals surface area contributed by atoms with Crippen molar-refractivity contribution < 1.29 is 13.2 Å². The Labute approximate surface area is 78.3 Å². The van der Waals surface area contributed by atoms with Crippen LogP contribution in [-0.4, -0.2) is 9.78 Å². The molecule has 2 nitrogen and oxygen atoms in total. The van der Waals surface area contributed by atoms with Gasteiger partial charge in [-0.25, -0.2) is 0 Å². The van der Waals surface area contributed by atoms with Gasteiger partial charge in [0.05, 0.1) is 10.7 Å². The third-order valence-electron chi connectivity index (χ3n) is 1.62. The molecule has 0 aliphatic heterocycles. The Kier molecular flexibility index (Phi) is 2.56. The van der Waals surface area contributed by atoms with Crippen molar-refractivity contribution in [1.82, 2.24) is 9.78 Å². The number of hydrogen-bond acceptors (Lipinski definition) is 1. The zero-order valence-corrected chi connectivity index (χ0v) is 7.87. The minimum atomic E-state index is -4.44. The number of aromatic nitrogens is 2. The summed E-state index contributed by atoms with van der Waals surface area (Å²) >= 11 is 5.47. The quantitative estimate of drug-likeness (QED) is 0.700. The molecule has 13 heavy (non-hydrogen) atoms. The maximum Gasteiger partial charge on any atom is 0.434 e. The molecule has 0 radical (unpaired) electrons. The Bertz CT molecular complexity index is 316. The van der Waals surface area contributed by atoms with Crippen LogP contribution in [0.15, 0.2) is 0 Å². The van der Waals surface area contributed by atoms with Crippen LogP contribution in [-0.2, 0) is 12.7 Å². The molecule has 0 aromatic carbocycles. The van der Waals surface area contributed by atoms with Crippen LogP contribution >= 0.6 is 11.6 Å². The molecule has 0 aliphatic rings. The fourth-order valence-electron chi connectivity index (χ4n) is 1.06. The second-order valence-electron chi connectivity index (χ2n) is 2.56. The van der Waals surface area contributed by atoms with E-state index >= 15 is 0 Å². The standard InChI is InChI=1S/C7H8ClF3N2/c1-3-13-6(7(9,10)11)5(8)4(2)12-13/h3H2,1-2H3. The molecule has 0 spiro atoms. The van der Waals surface area contributed by atoms with E-state index in [1.165, 1.54) is 6.92 Å². The first-order valence-electron chi connectivity index (χ1n) is 3.68. The van der Waals surface area contributed by atoms with Crippen LogP contribution in [0, 0.1) is 6.92 Å². The minimum absolute atomic E-state index is 0.155. The van der Waals surface area contributed by atoms with Gasteiger partial charge in [0.15, 0.2) is 5.69 Å². The number of nitrogens with zero attached hydrogens (tertiary/aromatic N) is 2. The van der Waals surface area contributed by atoms with Crippen LogP contribution in [0.3, 0.4) is 0 Å². The van der Waals surface area contributed by atoms with Gasteiger partial charge in [0.25, 0.3) is 0 Å². The second kappa shape index (κ2) is 3.21. The lowest BCUT2D eigenvalue weighted by Crippen LogP contribution is -2.14. The van der Waals surface area contributed by atoms with E-state index in [9.17, 15) is 13.2 Å². The summed E-state index contributed by atoms with van der Waals surface area (Å²) in [6.07, 6.45) is -4.44. The first-order valence-corrected chi connectivity index (χ1v) is 4.05. The molecule has 1 aromatic heterocycles. The van der Waals surface area contributed by atoms with Gasteiger partial charge in [0.2, 0.25) is 0 Å². The topological polar surface area (TPSA) is 17.8 Å². The molecule has 0 unspecified atom stereocenters. The van der Waals surface area contributed by atoms with Crippen LogP contribution in [0.2, 0.25) is 5.02 Å². The average molecular weight is 213 g/mol. The molecule has 1 heterocycles. The van der Waals surface area contributed by atoms with E-state index in [2.05, 4.69) is 5.10 Å². The van der Waals surface area contributed by atoms with Crippen LogP contribution in [0.25, 0.3) is 0 Å². The van der Waals surface area contributed by atoms with Gasteiger partial charge in [-0.3, -0.25) is 4.68 Å². The molecule has 74 valence electrons. The molecular weight excluding hydrogens is 205 g/mol. The van der Waals surface area contributed by atoms with E-state index < -0.39 is 11.9 Å². The third kappa shape index (κ3) is 1.80. The summed E-state index contributed by atoms with van der Waals surface area (Å²) in [5, 5.41) is 3.35. The molecular formula is C7H8ClF3N2. The monoisotopic (exact) mass is 212 g/mol. The number of aryl methyl sites for hydroxylation is 2. The summed E-state index contributed by atoms with van der Waals surface area (Å²) in [5.74, 6) is 0. The SMILES string of the molecule is CCn1nc(C)c(Cl)c1C(F)(F)F. The van der Waals surface area contributed by atoms with Crippen molar-refractivity contribution in [3.63, 3.8) is 0 Å². The molecule has 0 aliphatic carbocycles. The molecule has 0 bridgehead atoms. The average Bonchev–Trinajstić information content (AvgIpc) is 2.26. The van der Waals surface area contributed by atoms with Crippen molar-refractivity contribution in [3.8, 4) is 0 Å². The summed E-state index contributed by atoms with van der Waals surface area (Å²) in [5.41, 5.74) is -0.662. The molecule has 0 amide bonds. The lowest BCUT2D eigenvalue weighted by molar-refractivity contribution is -0.144. The van der Waals surface area contributed by atoms with Crippen LogP contribution < -0.4 is 0 Å². The number of alkyl halides is 3. The molecule has 1 aromatic rings. The first kappa shape index (κ1) is 10.4. The highest BCUT2D eigenvalue weighted by molar-refractivity contribution is 6.31. The predicted molar refractivity (Wildman–Crippen MR) is 42.7 cm³/mol. The van der Waals surface area contributed by atoms with E-state index in [0.29, 0.717) is 0 Å². The molecule has 0 saturated heterocycles. The molecule has 0 saturated carbocycles. The number of hydrogen-bond donors (Lipinski definition) is 0. The summed E-state index contributed by atoms with van der Waals surface area (Å²) in [6.45, 7) is 3.18. The Morgan fingerprint density at radius 1 is 1.46 bits per heavy atom. The highest BCUT2D eigenvalue weighted by Gasteiger charge is 2.38. The van der Waals surface area contributed by atoms with Crippen molar-refractivity contribution in [1.29, 1.82) is 0 Å². The number of halogens is 4. The largest absolute Gasteiger partial charge is 0.434 e. The third-order valence-corrected chi connectivity index (χ3v) is 2.07. The van der Waals surface area contributed by atoms with Crippen LogP contribution in [0.4, 0.5) is 13.2 Å². The lowest BCUT2D eigenvalue weighted by Gasteiger charge is -2.08. The van der Waals surface area contributed by atoms with Gasteiger partial charge in [0.1, 0.15) is 0 Å². The molecule has 0 fully saturated rings. The molecule has 1 rings (SSSR count). The zero-order chi connectivity index (χ0) is 10.2. The van der Waals surface area contributed by atoms with Gasteiger partial charge in [-0.2, -0.15) is 18.3 Å². The van der Waals surface area contributed by atoms with Crippen molar-refractivity contribution in [3.05, 3.63) is 16.4 Å². The number of rotatable bonds is 1. The van der Waals surface area contributed by atoms with E-state index in [-0.39, 0.29) is 17.3 Å². The summed E-state index contributed by atoms with van der Waals surface area (Å²) < 4.78 is 38.0. The summed E-state index contributed by atoms with van der Waals surface area (Å²) in [6, 6.07) is 0. The molecule has 0 N–H and O–H groups in total. The van der Waals surface area contributed by atoms with Crippen molar-refractivity contribution in [2.45, 2.75) is 26.6 Å². The van der Waals surface area contributed by atoms with Gasteiger partial charge in [0, 0.05) is 6.54 Å². The first-order chi connectivity index (χ1) is 5.88. The van der Waals surface area contributed by atoms with E-state index in [1.807, 2.05) is 0 Å². The zero-order valence-electron chi connectivity index (χ0n) is 7.11. The van der Waals surface area contributed by atoms with Gasteiger partial charge in [-0.15, -0.1) is 0 Å². The maximum absolute atomic E-state index is 12.4.